The van der Waals surface area contributed by atoms with Crippen LogP contribution in [0.15, 0.2) is 28.9 Å². The summed E-state index contributed by atoms with van der Waals surface area (Å²) in [5.41, 5.74) is 8.95. The average molecular weight is 252 g/mol. The highest BCUT2D eigenvalue weighted by atomic mass is 79.9. The van der Waals surface area contributed by atoms with Crippen LogP contribution in [0.1, 0.15) is 5.56 Å². The molecule has 0 aliphatic heterocycles. The van der Waals surface area contributed by atoms with E-state index in [1.807, 2.05) is 19.1 Å². The van der Waals surface area contributed by atoms with Crippen molar-refractivity contribution in [1.82, 2.24) is 10.2 Å². The Morgan fingerprint density at radius 2 is 2.14 bits per heavy atom. The van der Waals surface area contributed by atoms with E-state index >= 15 is 0 Å². The zero-order valence-corrected chi connectivity index (χ0v) is 9.30. The fraction of sp³-hybridized carbons (Fsp3) is 0.100. The van der Waals surface area contributed by atoms with E-state index < -0.39 is 0 Å². The van der Waals surface area contributed by atoms with Crippen LogP contribution in [0.25, 0.3) is 11.1 Å². The van der Waals surface area contributed by atoms with Crippen molar-refractivity contribution in [2.24, 2.45) is 0 Å². The maximum atomic E-state index is 5.75. The number of halogens is 1. The van der Waals surface area contributed by atoms with Gasteiger partial charge in [-0.2, -0.15) is 5.10 Å². The van der Waals surface area contributed by atoms with Gasteiger partial charge in [-0.25, -0.2) is 0 Å². The smallest absolute Gasteiger partial charge is 0.126 e. The standard InChI is InChI=1S/C10H10BrN3/c1-6-2-3-9(11)7(4-6)8-5-13-14-10(8)12/h2-5H,1H3,(H3,12,13,14). The van der Waals surface area contributed by atoms with E-state index in [4.69, 9.17) is 5.73 Å². The summed E-state index contributed by atoms with van der Waals surface area (Å²) in [5.74, 6) is 0.594. The van der Waals surface area contributed by atoms with Gasteiger partial charge in [0.25, 0.3) is 0 Å². The quantitative estimate of drug-likeness (QED) is 0.819. The molecule has 1 aromatic carbocycles. The predicted molar refractivity (Wildman–Crippen MR) is 60.9 cm³/mol. The van der Waals surface area contributed by atoms with Gasteiger partial charge in [-0.3, -0.25) is 5.10 Å². The molecule has 14 heavy (non-hydrogen) atoms. The zero-order valence-electron chi connectivity index (χ0n) is 7.71. The van der Waals surface area contributed by atoms with Gasteiger partial charge in [-0.15, -0.1) is 0 Å². The van der Waals surface area contributed by atoms with E-state index in [1.165, 1.54) is 5.56 Å². The molecule has 0 spiro atoms. The van der Waals surface area contributed by atoms with Crippen LogP contribution in [0, 0.1) is 6.92 Å². The molecular formula is C10H10BrN3. The summed E-state index contributed by atoms with van der Waals surface area (Å²) in [4.78, 5) is 0. The summed E-state index contributed by atoms with van der Waals surface area (Å²) in [6.45, 7) is 2.05. The van der Waals surface area contributed by atoms with Crippen molar-refractivity contribution in [1.29, 1.82) is 0 Å². The van der Waals surface area contributed by atoms with Crippen molar-refractivity contribution in [3.63, 3.8) is 0 Å². The minimum Gasteiger partial charge on any atom is -0.384 e. The average Bonchev–Trinajstić information content (AvgIpc) is 2.56. The molecule has 0 atom stereocenters. The van der Waals surface area contributed by atoms with Crippen molar-refractivity contribution in [3.05, 3.63) is 34.4 Å². The monoisotopic (exact) mass is 251 g/mol. The molecule has 0 amide bonds. The fourth-order valence-electron chi connectivity index (χ4n) is 1.36. The fourth-order valence-corrected chi connectivity index (χ4v) is 1.82. The number of aromatic amines is 1. The Morgan fingerprint density at radius 1 is 1.36 bits per heavy atom. The second-order valence-electron chi connectivity index (χ2n) is 3.18. The molecule has 72 valence electrons. The first-order valence-electron chi connectivity index (χ1n) is 4.24. The second kappa shape index (κ2) is 3.46. The van der Waals surface area contributed by atoms with Crippen molar-refractivity contribution >= 4 is 21.7 Å². The second-order valence-corrected chi connectivity index (χ2v) is 4.03. The minimum atomic E-state index is 0.594. The number of aryl methyl sites for hydroxylation is 1. The van der Waals surface area contributed by atoms with Crippen molar-refractivity contribution in [2.75, 3.05) is 5.73 Å². The molecule has 0 bridgehead atoms. The van der Waals surface area contributed by atoms with Crippen LogP contribution in [0.5, 0.6) is 0 Å². The van der Waals surface area contributed by atoms with Gasteiger partial charge in [0.15, 0.2) is 0 Å². The summed E-state index contributed by atoms with van der Waals surface area (Å²) in [5, 5.41) is 6.62. The first-order valence-corrected chi connectivity index (χ1v) is 5.03. The topological polar surface area (TPSA) is 54.7 Å². The van der Waals surface area contributed by atoms with Crippen molar-refractivity contribution in [3.8, 4) is 11.1 Å². The molecule has 0 saturated heterocycles. The number of aromatic nitrogens is 2. The number of hydrogen-bond acceptors (Lipinski definition) is 2. The van der Waals surface area contributed by atoms with Gasteiger partial charge in [-0.05, 0) is 13.0 Å². The summed E-state index contributed by atoms with van der Waals surface area (Å²) in [6, 6.07) is 6.13. The predicted octanol–water partition coefficient (Wildman–Crippen LogP) is 2.73. The van der Waals surface area contributed by atoms with Gasteiger partial charge in [0.05, 0.1) is 6.20 Å². The first kappa shape index (κ1) is 9.27. The third kappa shape index (κ3) is 1.53. The number of nitrogens with zero attached hydrogens (tertiary/aromatic N) is 1. The summed E-state index contributed by atoms with van der Waals surface area (Å²) < 4.78 is 1.02. The van der Waals surface area contributed by atoms with E-state index in [0.29, 0.717) is 5.82 Å². The largest absolute Gasteiger partial charge is 0.384 e. The maximum absolute atomic E-state index is 5.75. The van der Waals surface area contributed by atoms with E-state index in [9.17, 15) is 0 Å². The number of H-pyrrole nitrogens is 1. The molecule has 0 aliphatic rings. The SMILES string of the molecule is Cc1ccc(Br)c(-c2cn[nH]c2N)c1. The van der Waals surface area contributed by atoms with Crippen molar-refractivity contribution in [2.45, 2.75) is 6.92 Å². The summed E-state index contributed by atoms with van der Waals surface area (Å²) in [6.07, 6.45) is 1.73. The third-order valence-electron chi connectivity index (χ3n) is 2.08. The van der Waals surface area contributed by atoms with Crippen LogP contribution in [0.4, 0.5) is 5.82 Å². The molecule has 0 radical (unpaired) electrons. The number of nitrogens with two attached hydrogens (primary N) is 1. The van der Waals surface area contributed by atoms with Gasteiger partial charge in [0.1, 0.15) is 5.82 Å². The lowest BCUT2D eigenvalue weighted by atomic mass is 10.1. The lowest BCUT2D eigenvalue weighted by molar-refractivity contribution is 1.10. The highest BCUT2D eigenvalue weighted by Gasteiger charge is 2.08. The Hall–Kier alpha value is -1.29. The van der Waals surface area contributed by atoms with Crippen LogP contribution in [0.3, 0.4) is 0 Å². The molecule has 2 aromatic rings. The van der Waals surface area contributed by atoms with Crippen LogP contribution >= 0.6 is 15.9 Å². The molecule has 0 unspecified atom stereocenters. The number of nitrogens with one attached hydrogen (secondary N) is 1. The summed E-state index contributed by atoms with van der Waals surface area (Å²) in [7, 11) is 0. The molecule has 0 fully saturated rings. The van der Waals surface area contributed by atoms with Crippen molar-refractivity contribution < 1.29 is 0 Å². The van der Waals surface area contributed by atoms with E-state index in [-0.39, 0.29) is 0 Å². The molecule has 0 saturated carbocycles. The van der Waals surface area contributed by atoms with Crippen LogP contribution in [-0.4, -0.2) is 10.2 Å². The zero-order chi connectivity index (χ0) is 10.1. The van der Waals surface area contributed by atoms with E-state index in [2.05, 4.69) is 32.2 Å². The Morgan fingerprint density at radius 3 is 2.79 bits per heavy atom. The molecule has 1 aromatic heterocycles. The lowest BCUT2D eigenvalue weighted by Crippen LogP contribution is -1.88. The molecule has 2 rings (SSSR count). The van der Waals surface area contributed by atoms with E-state index in [0.717, 1.165) is 15.6 Å². The molecule has 4 heteroatoms. The highest BCUT2D eigenvalue weighted by Crippen LogP contribution is 2.31. The molecule has 3 nitrogen and oxygen atoms in total. The molecular weight excluding hydrogens is 242 g/mol. The van der Waals surface area contributed by atoms with Gasteiger partial charge >= 0.3 is 0 Å². The summed E-state index contributed by atoms with van der Waals surface area (Å²) >= 11 is 3.49. The Labute approximate surface area is 90.5 Å². The van der Waals surface area contributed by atoms with Gasteiger partial charge < -0.3 is 5.73 Å². The van der Waals surface area contributed by atoms with Gasteiger partial charge in [0.2, 0.25) is 0 Å². The van der Waals surface area contributed by atoms with E-state index in [1.54, 1.807) is 6.20 Å². The van der Waals surface area contributed by atoms with Crippen LogP contribution in [0.2, 0.25) is 0 Å². The lowest BCUT2D eigenvalue weighted by Gasteiger charge is -2.03. The Kier molecular flexibility index (Phi) is 2.29. The maximum Gasteiger partial charge on any atom is 0.126 e. The number of anilines is 1. The normalized spacial score (nSPS) is 10.4. The third-order valence-corrected chi connectivity index (χ3v) is 2.77. The number of nitrogen functional groups attached to an aromatic ring is 1. The molecule has 1 heterocycles. The van der Waals surface area contributed by atoms with Gasteiger partial charge in [-0.1, -0.05) is 33.6 Å². The Balaban J connectivity index is 2.62. The van der Waals surface area contributed by atoms with Crippen LogP contribution < -0.4 is 5.73 Å². The Bertz CT molecular complexity index is 462. The first-order chi connectivity index (χ1) is 6.68. The molecule has 0 aliphatic carbocycles. The minimum absolute atomic E-state index is 0.594. The number of benzene rings is 1. The molecule has 3 N–H and O–H groups in total. The van der Waals surface area contributed by atoms with Crippen LogP contribution in [-0.2, 0) is 0 Å². The number of rotatable bonds is 1. The van der Waals surface area contributed by atoms with Gasteiger partial charge in [0, 0.05) is 15.6 Å². The number of hydrogen-bond donors (Lipinski definition) is 2. The highest BCUT2D eigenvalue weighted by molar-refractivity contribution is 9.10.